The van der Waals surface area contributed by atoms with E-state index in [1.807, 2.05) is 27.7 Å². The molecule has 0 aliphatic carbocycles. The van der Waals surface area contributed by atoms with Gasteiger partial charge in [-0.05, 0) is 27.7 Å². The van der Waals surface area contributed by atoms with Gasteiger partial charge in [-0.25, -0.2) is 19.6 Å². The van der Waals surface area contributed by atoms with Gasteiger partial charge < -0.3 is 0 Å². The van der Waals surface area contributed by atoms with E-state index in [1.54, 1.807) is 0 Å². The fourth-order valence-electron chi connectivity index (χ4n) is 0.211. The Morgan fingerprint density at radius 1 is 0.833 bits per heavy atom. The molecule has 68 valence electrons. The quantitative estimate of drug-likeness (QED) is 0.465. The van der Waals surface area contributed by atoms with Crippen molar-refractivity contribution in [3.63, 3.8) is 0 Å². The molecule has 0 bridgehead atoms. The number of isocyanates is 2. The van der Waals surface area contributed by atoms with Gasteiger partial charge in [-0.1, -0.05) is 0 Å². The van der Waals surface area contributed by atoms with Crippen LogP contribution in [0.25, 0.3) is 0 Å². The van der Waals surface area contributed by atoms with Crippen LogP contribution in [-0.4, -0.2) is 24.2 Å². The minimum absolute atomic E-state index is 0.0995. The Hall–Kier alpha value is -1.24. The molecule has 0 N–H and O–H groups in total. The van der Waals surface area contributed by atoms with Crippen molar-refractivity contribution in [2.75, 3.05) is 0 Å². The molecule has 4 heteroatoms. The first-order valence-electron chi connectivity index (χ1n) is 3.68. The van der Waals surface area contributed by atoms with Crippen molar-refractivity contribution in [2.24, 2.45) is 9.98 Å². The van der Waals surface area contributed by atoms with Gasteiger partial charge in [0.05, 0.1) is 12.1 Å². The predicted molar refractivity (Wildman–Crippen MR) is 46.5 cm³/mol. The SMILES string of the molecule is CC(C)N=C=O.CC(C)N=C=O. The van der Waals surface area contributed by atoms with Crippen LogP contribution in [0.4, 0.5) is 0 Å². The molecule has 0 aromatic carbocycles. The zero-order chi connectivity index (χ0) is 9.98. The van der Waals surface area contributed by atoms with Crippen LogP contribution in [-0.2, 0) is 9.59 Å². The first kappa shape index (κ1) is 13.4. The summed E-state index contributed by atoms with van der Waals surface area (Å²) in [6, 6.07) is 0.199. The second kappa shape index (κ2) is 9.76. The van der Waals surface area contributed by atoms with Crippen molar-refractivity contribution in [1.82, 2.24) is 0 Å². The van der Waals surface area contributed by atoms with E-state index in [-0.39, 0.29) is 12.1 Å². The van der Waals surface area contributed by atoms with Crippen LogP contribution in [0.15, 0.2) is 9.98 Å². The summed E-state index contributed by atoms with van der Waals surface area (Å²) < 4.78 is 0. The van der Waals surface area contributed by atoms with Crippen LogP contribution in [0.3, 0.4) is 0 Å². The highest BCUT2D eigenvalue weighted by molar-refractivity contribution is 5.33. The molecule has 4 nitrogen and oxygen atoms in total. The molecule has 12 heavy (non-hydrogen) atoms. The zero-order valence-electron chi connectivity index (χ0n) is 7.87. The fourth-order valence-corrected chi connectivity index (χ4v) is 0.211. The number of carbonyl (C=O) groups excluding carboxylic acids is 2. The summed E-state index contributed by atoms with van der Waals surface area (Å²) in [4.78, 5) is 25.3. The summed E-state index contributed by atoms with van der Waals surface area (Å²) in [6.45, 7) is 7.30. The second-order valence-corrected chi connectivity index (χ2v) is 2.63. The molecule has 0 atom stereocenters. The van der Waals surface area contributed by atoms with Crippen molar-refractivity contribution in [3.05, 3.63) is 0 Å². The maximum Gasteiger partial charge on any atom is 0.235 e. The van der Waals surface area contributed by atoms with E-state index in [1.165, 1.54) is 12.2 Å². The standard InChI is InChI=1S/2C4H7NO/c2*1-4(2)5-3-6/h2*4H,1-2H3. The van der Waals surface area contributed by atoms with Gasteiger partial charge in [0, 0.05) is 0 Å². The molecule has 0 spiro atoms. The van der Waals surface area contributed by atoms with Gasteiger partial charge in [-0.3, -0.25) is 0 Å². The average Bonchev–Trinajstić information content (AvgIpc) is 1.87. The molecular formula is C8H14N2O2. The molecule has 0 amide bonds. The summed E-state index contributed by atoms with van der Waals surface area (Å²) in [5.74, 6) is 0. The number of nitrogens with zero attached hydrogens (tertiary/aromatic N) is 2. The largest absolute Gasteiger partial charge is 0.235 e. The van der Waals surface area contributed by atoms with Gasteiger partial charge in [0.25, 0.3) is 0 Å². The van der Waals surface area contributed by atoms with Crippen LogP contribution in [0.2, 0.25) is 0 Å². The van der Waals surface area contributed by atoms with E-state index in [2.05, 4.69) is 9.98 Å². The van der Waals surface area contributed by atoms with E-state index in [9.17, 15) is 9.59 Å². The van der Waals surface area contributed by atoms with Gasteiger partial charge in [0.2, 0.25) is 12.2 Å². The monoisotopic (exact) mass is 170 g/mol. The van der Waals surface area contributed by atoms with Gasteiger partial charge in [-0.15, -0.1) is 0 Å². The molecule has 0 aliphatic rings. The Labute approximate surface area is 72.4 Å². The van der Waals surface area contributed by atoms with Gasteiger partial charge in [-0.2, -0.15) is 0 Å². The Balaban J connectivity index is 0. The van der Waals surface area contributed by atoms with E-state index in [0.717, 1.165) is 0 Å². The van der Waals surface area contributed by atoms with Crippen molar-refractivity contribution >= 4 is 12.2 Å². The topological polar surface area (TPSA) is 58.9 Å². The Bertz CT molecular complexity index is 165. The minimum atomic E-state index is 0.0995. The van der Waals surface area contributed by atoms with E-state index < -0.39 is 0 Å². The molecule has 0 fully saturated rings. The first-order chi connectivity index (χ1) is 5.54. The summed E-state index contributed by atoms with van der Waals surface area (Å²) in [7, 11) is 0. The van der Waals surface area contributed by atoms with Crippen molar-refractivity contribution in [2.45, 2.75) is 39.8 Å². The van der Waals surface area contributed by atoms with Gasteiger partial charge >= 0.3 is 0 Å². The molecule has 0 radical (unpaired) electrons. The number of hydrogen-bond donors (Lipinski definition) is 0. The lowest BCUT2D eigenvalue weighted by molar-refractivity contribution is 0.559. The van der Waals surface area contributed by atoms with Crippen LogP contribution in [0, 0.1) is 0 Å². The third-order valence-electron chi connectivity index (χ3n) is 0.622. The third-order valence-corrected chi connectivity index (χ3v) is 0.622. The van der Waals surface area contributed by atoms with Gasteiger partial charge in [0.1, 0.15) is 0 Å². The summed E-state index contributed by atoms with van der Waals surface area (Å²) >= 11 is 0. The lowest BCUT2D eigenvalue weighted by atomic mass is 10.4. The Morgan fingerprint density at radius 3 is 1.08 bits per heavy atom. The van der Waals surface area contributed by atoms with Gasteiger partial charge in [0.15, 0.2) is 0 Å². The second-order valence-electron chi connectivity index (χ2n) is 2.63. The third kappa shape index (κ3) is 23.3. The molecule has 0 aromatic heterocycles. The highest BCUT2D eigenvalue weighted by Gasteiger charge is 1.79. The van der Waals surface area contributed by atoms with E-state index in [0.29, 0.717) is 0 Å². The molecule has 0 unspecified atom stereocenters. The van der Waals surface area contributed by atoms with E-state index in [4.69, 9.17) is 0 Å². The normalized spacial score (nSPS) is 7.83. The summed E-state index contributed by atoms with van der Waals surface area (Å²) in [5, 5.41) is 0. The minimum Gasteiger partial charge on any atom is -0.211 e. The molecule has 0 rings (SSSR count). The number of rotatable bonds is 2. The number of aliphatic imine (C=N–C) groups is 2. The van der Waals surface area contributed by atoms with Crippen LogP contribution < -0.4 is 0 Å². The zero-order valence-corrected chi connectivity index (χ0v) is 7.87. The highest BCUT2D eigenvalue weighted by Crippen LogP contribution is 1.79. The summed E-state index contributed by atoms with van der Waals surface area (Å²) in [5.41, 5.74) is 0. The molecule has 0 saturated heterocycles. The van der Waals surface area contributed by atoms with Crippen LogP contribution in [0.1, 0.15) is 27.7 Å². The molecule has 0 aliphatic heterocycles. The highest BCUT2D eigenvalue weighted by atomic mass is 16.1. The number of hydrogen-bond acceptors (Lipinski definition) is 4. The lowest BCUT2D eigenvalue weighted by Crippen LogP contribution is -1.83. The first-order valence-corrected chi connectivity index (χ1v) is 3.68. The smallest absolute Gasteiger partial charge is 0.211 e. The molecular weight excluding hydrogens is 156 g/mol. The summed E-state index contributed by atoms with van der Waals surface area (Å²) in [6.07, 6.45) is 2.88. The lowest BCUT2D eigenvalue weighted by Gasteiger charge is -1.82. The maximum atomic E-state index is 9.32. The van der Waals surface area contributed by atoms with E-state index >= 15 is 0 Å². The molecule has 0 heterocycles. The van der Waals surface area contributed by atoms with Crippen molar-refractivity contribution in [1.29, 1.82) is 0 Å². The van der Waals surface area contributed by atoms with Crippen molar-refractivity contribution < 1.29 is 9.59 Å². The maximum absolute atomic E-state index is 9.32. The predicted octanol–water partition coefficient (Wildman–Crippen LogP) is 1.46. The molecule has 0 saturated carbocycles. The van der Waals surface area contributed by atoms with Crippen LogP contribution in [0.5, 0.6) is 0 Å². The van der Waals surface area contributed by atoms with Crippen LogP contribution >= 0.6 is 0 Å². The Kier molecular flexibility index (Phi) is 10.9. The Morgan fingerprint density at radius 2 is 1.08 bits per heavy atom. The molecule has 0 aromatic rings. The fraction of sp³-hybridized carbons (Fsp3) is 0.750. The van der Waals surface area contributed by atoms with Crippen molar-refractivity contribution in [3.8, 4) is 0 Å². The average molecular weight is 170 g/mol.